The van der Waals surface area contributed by atoms with Gasteiger partial charge < -0.3 is 25.4 Å². The molecule has 3 heterocycles. The van der Waals surface area contributed by atoms with Crippen LogP contribution in [0.15, 0.2) is 18.5 Å². The highest BCUT2D eigenvalue weighted by Crippen LogP contribution is 2.50. The van der Waals surface area contributed by atoms with Gasteiger partial charge >= 0.3 is 5.97 Å². The number of ether oxygens (including phenoxy) is 1. The van der Waals surface area contributed by atoms with E-state index in [1.807, 2.05) is 18.7 Å². The van der Waals surface area contributed by atoms with Crippen molar-refractivity contribution in [2.75, 3.05) is 45.3 Å². The quantitative estimate of drug-likeness (QED) is 0.261. The molecule has 0 saturated heterocycles. The fourth-order valence-electron chi connectivity index (χ4n) is 5.78. The number of alkyl halides is 1. The summed E-state index contributed by atoms with van der Waals surface area (Å²) in [4.78, 5) is 40.8. The van der Waals surface area contributed by atoms with Gasteiger partial charge in [-0.1, -0.05) is 6.07 Å². The highest BCUT2D eigenvalue weighted by atomic mass is 19.1. The van der Waals surface area contributed by atoms with Gasteiger partial charge in [-0.25, -0.2) is 24.1 Å². The summed E-state index contributed by atoms with van der Waals surface area (Å²) in [5, 5.41) is 16.1. The monoisotopic (exact) mass is 570 g/mol. The largest absolute Gasteiger partial charge is 0.480 e. The number of unbranched alkanes of at least 4 members (excludes halogenated alkanes) is 1. The number of fused-ring (bicyclic) bond motifs is 1. The number of carbonyl (C=O) groups excluding carboxylic acids is 1. The van der Waals surface area contributed by atoms with Gasteiger partial charge in [0.15, 0.2) is 0 Å². The lowest BCUT2D eigenvalue weighted by Crippen LogP contribution is -2.48. The zero-order chi connectivity index (χ0) is 29.4. The number of nitrogens with zero attached hydrogens (tertiary/aromatic N) is 4. The summed E-state index contributed by atoms with van der Waals surface area (Å²) < 4.78 is 18.8. The first kappa shape index (κ1) is 30.8. The minimum atomic E-state index is -1.09. The van der Waals surface area contributed by atoms with Crippen molar-refractivity contribution in [3.63, 3.8) is 0 Å². The van der Waals surface area contributed by atoms with Crippen LogP contribution >= 0.6 is 0 Å². The van der Waals surface area contributed by atoms with Gasteiger partial charge in [0.1, 0.15) is 24.9 Å². The molecule has 2 aromatic heterocycles. The van der Waals surface area contributed by atoms with Crippen molar-refractivity contribution in [3.05, 3.63) is 46.7 Å². The van der Waals surface area contributed by atoms with Gasteiger partial charge in [-0.3, -0.25) is 4.79 Å². The molecule has 10 nitrogen and oxygen atoms in total. The number of aryl methyl sites for hydroxylation is 4. The van der Waals surface area contributed by atoms with E-state index in [0.29, 0.717) is 32.5 Å². The van der Waals surface area contributed by atoms with Crippen LogP contribution in [-0.2, 0) is 32.6 Å². The number of pyridine rings is 1. The Labute approximate surface area is 241 Å². The van der Waals surface area contributed by atoms with Crippen molar-refractivity contribution < 1.29 is 23.8 Å². The van der Waals surface area contributed by atoms with Crippen molar-refractivity contribution in [1.82, 2.24) is 25.2 Å². The summed E-state index contributed by atoms with van der Waals surface area (Å²) in [5.41, 5.74) is 3.79. The van der Waals surface area contributed by atoms with Crippen LogP contribution in [0.5, 0.6) is 0 Å². The highest BCUT2D eigenvalue weighted by molar-refractivity contribution is 5.94. The van der Waals surface area contributed by atoms with Crippen LogP contribution < -0.4 is 10.6 Å². The molecule has 1 fully saturated rings. The third-order valence-corrected chi connectivity index (χ3v) is 8.30. The SMILES string of the molecule is COC(CF)CN(CCCCc1ccc2c(n1)NCCC2)CCC(NC(=O)C1(c2c(C)ncnc2C)CC1)C(=O)O. The van der Waals surface area contributed by atoms with Crippen LogP contribution in [0.25, 0.3) is 0 Å². The topological polar surface area (TPSA) is 130 Å². The molecule has 224 valence electrons. The van der Waals surface area contributed by atoms with E-state index in [2.05, 4.69) is 32.7 Å². The Morgan fingerprint density at radius 3 is 2.61 bits per heavy atom. The number of carbonyl (C=O) groups is 2. The molecule has 2 unspecified atom stereocenters. The number of rotatable bonds is 16. The maximum atomic E-state index is 13.5. The van der Waals surface area contributed by atoms with Crippen LogP contribution in [-0.4, -0.2) is 88.9 Å². The molecule has 0 radical (unpaired) electrons. The van der Waals surface area contributed by atoms with E-state index in [0.717, 1.165) is 67.1 Å². The van der Waals surface area contributed by atoms with Gasteiger partial charge in [-0.15, -0.1) is 0 Å². The van der Waals surface area contributed by atoms with Crippen LogP contribution in [0.3, 0.4) is 0 Å². The summed E-state index contributed by atoms with van der Waals surface area (Å²) in [7, 11) is 1.48. The third kappa shape index (κ3) is 7.77. The number of aromatic nitrogens is 3. The average molecular weight is 571 g/mol. The fraction of sp³-hybridized carbons (Fsp3) is 0.633. The Hall–Kier alpha value is -3.18. The molecule has 1 amide bonds. The number of halogens is 1. The number of carboxylic acid groups (broad SMARTS) is 1. The van der Waals surface area contributed by atoms with Crippen LogP contribution in [0.1, 0.15) is 66.7 Å². The number of nitrogens with one attached hydrogen (secondary N) is 2. The molecule has 1 aliphatic heterocycles. The minimum Gasteiger partial charge on any atom is -0.480 e. The summed E-state index contributed by atoms with van der Waals surface area (Å²) >= 11 is 0. The number of amides is 1. The molecular weight excluding hydrogens is 527 g/mol. The maximum Gasteiger partial charge on any atom is 0.326 e. The van der Waals surface area contributed by atoms with Gasteiger partial charge in [-0.2, -0.15) is 0 Å². The Balaban J connectivity index is 1.33. The molecule has 2 aliphatic rings. The molecule has 2 aromatic rings. The zero-order valence-corrected chi connectivity index (χ0v) is 24.4. The number of hydrogen-bond acceptors (Lipinski definition) is 8. The summed E-state index contributed by atoms with van der Waals surface area (Å²) in [6, 6.07) is 3.18. The smallest absolute Gasteiger partial charge is 0.326 e. The summed E-state index contributed by atoms with van der Waals surface area (Å²) in [5.74, 6) is -0.406. The van der Waals surface area contributed by atoms with Crippen molar-refractivity contribution >= 4 is 17.7 Å². The maximum absolute atomic E-state index is 13.5. The van der Waals surface area contributed by atoms with Crippen LogP contribution in [0.4, 0.5) is 10.2 Å². The van der Waals surface area contributed by atoms with Gasteiger partial charge in [0.2, 0.25) is 5.91 Å². The minimum absolute atomic E-state index is 0.196. The third-order valence-electron chi connectivity index (χ3n) is 8.30. The molecule has 4 rings (SSSR count). The average Bonchev–Trinajstić information content (AvgIpc) is 3.77. The van der Waals surface area contributed by atoms with Crippen LogP contribution in [0, 0.1) is 13.8 Å². The van der Waals surface area contributed by atoms with E-state index >= 15 is 0 Å². The van der Waals surface area contributed by atoms with E-state index in [-0.39, 0.29) is 12.3 Å². The molecule has 0 bridgehead atoms. The second kappa shape index (κ2) is 14.1. The second-order valence-corrected chi connectivity index (χ2v) is 11.3. The van der Waals surface area contributed by atoms with E-state index in [1.54, 1.807) is 0 Å². The highest BCUT2D eigenvalue weighted by Gasteiger charge is 2.54. The van der Waals surface area contributed by atoms with E-state index < -0.39 is 30.2 Å². The number of hydrogen-bond donors (Lipinski definition) is 3. The molecule has 1 saturated carbocycles. The van der Waals surface area contributed by atoms with Gasteiger partial charge in [0, 0.05) is 49.4 Å². The standard InChI is InChI=1S/C30H43FN6O4/c1-20-26(21(2)34-19-33-20)30(12-13-30)29(40)36-25(28(38)39)11-16-37(18-24(17-31)41-3)15-5-4-8-23-10-9-22-7-6-14-32-27(22)35-23/h9-10,19,24-25H,4-8,11-18H2,1-3H3,(H,32,35)(H,36,40)(H,38,39). The van der Waals surface area contributed by atoms with E-state index in [9.17, 15) is 19.1 Å². The molecule has 41 heavy (non-hydrogen) atoms. The molecular formula is C30H43FN6O4. The lowest BCUT2D eigenvalue weighted by atomic mass is 9.91. The summed E-state index contributed by atoms with van der Waals surface area (Å²) in [6.45, 7) is 5.41. The molecule has 2 atom stereocenters. The van der Waals surface area contributed by atoms with Crippen molar-refractivity contribution in [2.24, 2.45) is 0 Å². The van der Waals surface area contributed by atoms with Crippen molar-refractivity contribution in [1.29, 1.82) is 0 Å². The van der Waals surface area contributed by atoms with Gasteiger partial charge in [-0.05, 0) is 83.4 Å². The Morgan fingerprint density at radius 2 is 1.95 bits per heavy atom. The van der Waals surface area contributed by atoms with Gasteiger partial charge in [0.05, 0.1) is 11.5 Å². The van der Waals surface area contributed by atoms with E-state index in [1.165, 1.54) is 19.0 Å². The first-order valence-electron chi connectivity index (χ1n) is 14.6. The Kier molecular flexibility index (Phi) is 10.6. The number of carboxylic acids is 1. The predicted molar refractivity (Wildman–Crippen MR) is 154 cm³/mol. The number of aliphatic carboxylic acids is 1. The first-order valence-corrected chi connectivity index (χ1v) is 14.6. The molecule has 0 spiro atoms. The number of anilines is 1. The molecule has 0 aromatic carbocycles. The lowest BCUT2D eigenvalue weighted by molar-refractivity contribution is -0.142. The second-order valence-electron chi connectivity index (χ2n) is 11.3. The lowest BCUT2D eigenvalue weighted by Gasteiger charge is -2.28. The fourth-order valence-corrected chi connectivity index (χ4v) is 5.78. The molecule has 11 heteroatoms. The first-order chi connectivity index (χ1) is 19.8. The normalized spacial score (nSPS) is 16.9. The van der Waals surface area contributed by atoms with E-state index in [4.69, 9.17) is 9.72 Å². The Morgan fingerprint density at radius 1 is 1.20 bits per heavy atom. The summed E-state index contributed by atoms with van der Waals surface area (Å²) in [6.07, 6.45) is 7.09. The molecule has 3 N–H and O–H groups in total. The zero-order valence-electron chi connectivity index (χ0n) is 24.4. The van der Waals surface area contributed by atoms with Crippen molar-refractivity contribution in [3.8, 4) is 0 Å². The number of methoxy groups -OCH3 is 1. The van der Waals surface area contributed by atoms with Crippen LogP contribution in [0.2, 0.25) is 0 Å². The van der Waals surface area contributed by atoms with Gasteiger partial charge in [0.25, 0.3) is 0 Å². The Bertz CT molecular complexity index is 1180. The van der Waals surface area contributed by atoms with Crippen molar-refractivity contribution in [2.45, 2.75) is 82.8 Å². The predicted octanol–water partition coefficient (Wildman–Crippen LogP) is 3.15. The molecule has 1 aliphatic carbocycles.